The average molecular weight is 390 g/mol. The lowest BCUT2D eigenvalue weighted by Gasteiger charge is -2.12. The second-order valence-electron chi connectivity index (χ2n) is 6.10. The number of aromatic carboxylic acids is 1. The molecule has 1 saturated carbocycles. The lowest BCUT2D eigenvalue weighted by Crippen LogP contribution is -2.25. The summed E-state index contributed by atoms with van der Waals surface area (Å²) < 4.78 is 32.7. The molecule has 142 valence electrons. The molecule has 0 aromatic heterocycles. The number of hydrogen-bond acceptors (Lipinski definition) is 5. The molecule has 0 radical (unpaired) electrons. The summed E-state index contributed by atoms with van der Waals surface area (Å²) in [5.74, 6) is -1.43. The van der Waals surface area contributed by atoms with Gasteiger partial charge in [0.05, 0.1) is 12.7 Å². The summed E-state index contributed by atoms with van der Waals surface area (Å²) in [5, 5.41) is 11.9. The van der Waals surface area contributed by atoms with Crippen molar-refractivity contribution >= 4 is 27.6 Å². The fraction of sp³-hybridized carbons (Fsp3) is 0.222. The molecule has 2 aromatic rings. The van der Waals surface area contributed by atoms with Crippen molar-refractivity contribution in [1.82, 2.24) is 5.32 Å². The van der Waals surface area contributed by atoms with E-state index in [4.69, 9.17) is 9.84 Å². The minimum absolute atomic E-state index is 0.0212. The standard InChI is InChI=1S/C18H18N2O6S/c1-26-15-9-4-12(18(22)23)10-16(15)27(24,25)20-14-5-2-11(3-6-14)17(21)19-13-7-8-13/h2-6,9-10,13,20H,7-8H2,1H3,(H,19,21)(H,22,23). The molecule has 1 fully saturated rings. The molecule has 9 heteroatoms. The first-order chi connectivity index (χ1) is 12.8. The highest BCUT2D eigenvalue weighted by Gasteiger charge is 2.24. The minimum Gasteiger partial charge on any atom is -0.495 e. The molecule has 2 aromatic carbocycles. The van der Waals surface area contributed by atoms with Crippen molar-refractivity contribution in [2.75, 3.05) is 11.8 Å². The molecule has 27 heavy (non-hydrogen) atoms. The topological polar surface area (TPSA) is 122 Å². The minimum atomic E-state index is -4.09. The van der Waals surface area contributed by atoms with Crippen LogP contribution in [0, 0.1) is 0 Å². The van der Waals surface area contributed by atoms with Gasteiger partial charge in [0.1, 0.15) is 10.6 Å². The molecule has 3 rings (SSSR count). The number of hydrogen-bond donors (Lipinski definition) is 3. The second kappa shape index (κ2) is 7.28. The number of rotatable bonds is 7. The lowest BCUT2D eigenvalue weighted by atomic mass is 10.2. The molecule has 0 bridgehead atoms. The largest absolute Gasteiger partial charge is 0.495 e. The highest BCUT2D eigenvalue weighted by Crippen LogP contribution is 2.27. The molecule has 0 aliphatic heterocycles. The zero-order valence-corrected chi connectivity index (χ0v) is 15.2. The molecule has 0 unspecified atom stereocenters. The van der Waals surface area contributed by atoms with Gasteiger partial charge in [0.2, 0.25) is 0 Å². The fourth-order valence-corrected chi connectivity index (χ4v) is 3.67. The fourth-order valence-electron chi connectivity index (χ4n) is 2.42. The number of methoxy groups -OCH3 is 1. The lowest BCUT2D eigenvalue weighted by molar-refractivity contribution is 0.0696. The van der Waals surface area contributed by atoms with Gasteiger partial charge in [-0.3, -0.25) is 9.52 Å². The van der Waals surface area contributed by atoms with E-state index in [1.165, 1.54) is 43.5 Å². The van der Waals surface area contributed by atoms with E-state index in [1.807, 2.05) is 0 Å². The van der Waals surface area contributed by atoms with E-state index in [-0.39, 0.29) is 33.8 Å². The van der Waals surface area contributed by atoms with Gasteiger partial charge in [-0.2, -0.15) is 0 Å². The van der Waals surface area contributed by atoms with Crippen LogP contribution in [0.4, 0.5) is 5.69 Å². The summed E-state index contributed by atoms with van der Waals surface area (Å²) in [6.45, 7) is 0. The third-order valence-electron chi connectivity index (χ3n) is 4.01. The third kappa shape index (κ3) is 4.37. The summed E-state index contributed by atoms with van der Waals surface area (Å²) in [4.78, 5) is 22.8. The van der Waals surface area contributed by atoms with E-state index in [1.54, 1.807) is 0 Å². The molecule has 8 nitrogen and oxygen atoms in total. The van der Waals surface area contributed by atoms with Crippen LogP contribution in [-0.2, 0) is 10.0 Å². The summed E-state index contributed by atoms with van der Waals surface area (Å²) in [6.07, 6.45) is 1.95. The molecular weight excluding hydrogens is 372 g/mol. The number of nitrogens with one attached hydrogen (secondary N) is 2. The van der Waals surface area contributed by atoms with Crippen molar-refractivity contribution in [3.63, 3.8) is 0 Å². The molecule has 1 aliphatic carbocycles. The van der Waals surface area contributed by atoms with Gasteiger partial charge in [-0.05, 0) is 55.3 Å². The highest BCUT2D eigenvalue weighted by molar-refractivity contribution is 7.92. The van der Waals surface area contributed by atoms with Crippen LogP contribution in [0.3, 0.4) is 0 Å². The van der Waals surface area contributed by atoms with Crippen molar-refractivity contribution in [3.8, 4) is 5.75 Å². The van der Waals surface area contributed by atoms with Crippen LogP contribution in [0.25, 0.3) is 0 Å². The Morgan fingerprint density at radius 3 is 2.26 bits per heavy atom. The third-order valence-corrected chi connectivity index (χ3v) is 5.41. The van der Waals surface area contributed by atoms with Gasteiger partial charge < -0.3 is 15.2 Å². The number of anilines is 1. The number of carboxylic acid groups (broad SMARTS) is 1. The molecule has 0 heterocycles. The van der Waals surface area contributed by atoms with Crippen LogP contribution in [-0.4, -0.2) is 38.6 Å². The number of amides is 1. The van der Waals surface area contributed by atoms with Crippen molar-refractivity contribution in [2.45, 2.75) is 23.8 Å². The first-order valence-corrected chi connectivity index (χ1v) is 9.63. The van der Waals surface area contributed by atoms with Crippen molar-refractivity contribution < 1.29 is 27.9 Å². The van der Waals surface area contributed by atoms with Crippen LogP contribution < -0.4 is 14.8 Å². The van der Waals surface area contributed by atoms with Gasteiger partial charge in [0, 0.05) is 17.3 Å². The first-order valence-electron chi connectivity index (χ1n) is 8.15. The van der Waals surface area contributed by atoms with E-state index >= 15 is 0 Å². The Balaban J connectivity index is 1.82. The Morgan fingerprint density at radius 2 is 1.70 bits per heavy atom. The van der Waals surface area contributed by atoms with Gasteiger partial charge >= 0.3 is 5.97 Å². The SMILES string of the molecule is COc1ccc(C(=O)O)cc1S(=O)(=O)Nc1ccc(C(=O)NC2CC2)cc1. The molecule has 0 spiro atoms. The van der Waals surface area contributed by atoms with Gasteiger partial charge in [-0.15, -0.1) is 0 Å². The number of sulfonamides is 1. The predicted octanol–water partition coefficient (Wildman–Crippen LogP) is 2.09. The zero-order valence-electron chi connectivity index (χ0n) is 14.4. The van der Waals surface area contributed by atoms with E-state index in [0.717, 1.165) is 18.9 Å². The number of carbonyl (C=O) groups excluding carboxylic acids is 1. The van der Waals surface area contributed by atoms with Crippen molar-refractivity contribution in [1.29, 1.82) is 0 Å². The molecule has 0 atom stereocenters. The van der Waals surface area contributed by atoms with Crippen LogP contribution in [0.1, 0.15) is 33.6 Å². The maximum Gasteiger partial charge on any atom is 0.335 e. The predicted molar refractivity (Wildman–Crippen MR) is 97.7 cm³/mol. The Bertz CT molecular complexity index is 981. The van der Waals surface area contributed by atoms with Crippen LogP contribution in [0.15, 0.2) is 47.4 Å². The van der Waals surface area contributed by atoms with Gasteiger partial charge in [0.25, 0.3) is 15.9 Å². The maximum atomic E-state index is 12.7. The zero-order chi connectivity index (χ0) is 19.6. The van der Waals surface area contributed by atoms with E-state index in [9.17, 15) is 18.0 Å². The second-order valence-corrected chi connectivity index (χ2v) is 7.75. The molecule has 1 amide bonds. The van der Waals surface area contributed by atoms with Crippen LogP contribution >= 0.6 is 0 Å². The Kier molecular flexibility index (Phi) is 5.04. The smallest absolute Gasteiger partial charge is 0.335 e. The number of ether oxygens (including phenoxy) is 1. The molecule has 3 N–H and O–H groups in total. The molecule has 0 saturated heterocycles. The van der Waals surface area contributed by atoms with Crippen molar-refractivity contribution in [3.05, 3.63) is 53.6 Å². The van der Waals surface area contributed by atoms with Crippen LogP contribution in [0.5, 0.6) is 5.75 Å². The monoisotopic (exact) mass is 390 g/mol. The van der Waals surface area contributed by atoms with Gasteiger partial charge in [-0.25, -0.2) is 13.2 Å². The van der Waals surface area contributed by atoms with Gasteiger partial charge in [0.15, 0.2) is 0 Å². The summed E-state index contributed by atoms with van der Waals surface area (Å²) in [7, 11) is -2.80. The quantitative estimate of drug-likeness (QED) is 0.665. The Labute approximate surface area is 156 Å². The number of carbonyl (C=O) groups is 2. The van der Waals surface area contributed by atoms with E-state index in [2.05, 4.69) is 10.0 Å². The summed E-state index contributed by atoms with van der Waals surface area (Å²) >= 11 is 0. The Hall–Kier alpha value is -3.07. The highest BCUT2D eigenvalue weighted by atomic mass is 32.2. The van der Waals surface area contributed by atoms with E-state index < -0.39 is 16.0 Å². The molecular formula is C18H18N2O6S. The maximum absolute atomic E-state index is 12.7. The average Bonchev–Trinajstić information content (AvgIpc) is 3.45. The number of benzene rings is 2. The first kappa shape index (κ1) is 18.7. The Morgan fingerprint density at radius 1 is 1.07 bits per heavy atom. The van der Waals surface area contributed by atoms with Crippen LogP contribution in [0.2, 0.25) is 0 Å². The van der Waals surface area contributed by atoms with Gasteiger partial charge in [-0.1, -0.05) is 0 Å². The summed E-state index contributed by atoms with van der Waals surface area (Å²) in [5.41, 5.74) is 0.485. The molecule has 1 aliphatic rings. The number of carboxylic acids is 1. The van der Waals surface area contributed by atoms with E-state index in [0.29, 0.717) is 5.56 Å². The summed E-state index contributed by atoms with van der Waals surface area (Å²) in [6, 6.07) is 9.75. The normalized spacial score (nSPS) is 13.7. The van der Waals surface area contributed by atoms with Crippen molar-refractivity contribution in [2.24, 2.45) is 0 Å².